The van der Waals surface area contributed by atoms with Gasteiger partial charge in [-0.3, -0.25) is 14.9 Å². The normalized spacial score (nSPS) is 11.2. The summed E-state index contributed by atoms with van der Waals surface area (Å²) in [5.41, 5.74) is 1.52. The Morgan fingerprint density at radius 2 is 1.92 bits per heavy atom. The third kappa shape index (κ3) is 6.70. The van der Waals surface area contributed by atoms with Gasteiger partial charge in [0, 0.05) is 20.6 Å². The van der Waals surface area contributed by atoms with Gasteiger partial charge in [0.25, 0.3) is 5.91 Å². The Bertz CT molecular complexity index is 631. The van der Waals surface area contributed by atoms with E-state index in [0.717, 1.165) is 5.56 Å². The van der Waals surface area contributed by atoms with Gasteiger partial charge >= 0.3 is 6.03 Å². The van der Waals surface area contributed by atoms with Gasteiger partial charge in [-0.1, -0.05) is 6.07 Å². The van der Waals surface area contributed by atoms with E-state index in [4.69, 9.17) is 4.74 Å². The molecule has 0 heterocycles. The number of imide groups is 1. The third-order valence-electron chi connectivity index (χ3n) is 3.33. The van der Waals surface area contributed by atoms with Crippen LogP contribution in [0.4, 0.5) is 10.5 Å². The van der Waals surface area contributed by atoms with Crippen LogP contribution in [-0.4, -0.2) is 56.0 Å². The number of rotatable bonds is 7. The lowest BCUT2D eigenvalue weighted by atomic mass is 10.2. The predicted octanol–water partition coefficient (Wildman–Crippen LogP) is 1.11. The number of carbonyl (C=O) groups excluding carboxylic acids is 3. The summed E-state index contributed by atoms with van der Waals surface area (Å²) in [7, 11) is 3.30. The molecular formula is C17H26N4O4. The third-order valence-corrected chi connectivity index (χ3v) is 3.33. The molecule has 1 aromatic rings. The lowest BCUT2D eigenvalue weighted by Gasteiger charge is -2.19. The monoisotopic (exact) mass is 350 g/mol. The van der Waals surface area contributed by atoms with Crippen LogP contribution in [0.3, 0.4) is 0 Å². The second kappa shape index (κ2) is 9.51. The maximum Gasteiger partial charge on any atom is 0.321 e. The Balaban J connectivity index is 2.78. The van der Waals surface area contributed by atoms with E-state index in [9.17, 15) is 14.4 Å². The SMILES string of the molecule is CCNC(=O)NC(=O)[C@@H](C)Nc1ccc(C)cc1OCC(=O)N(C)C. The van der Waals surface area contributed by atoms with Crippen molar-refractivity contribution in [3.63, 3.8) is 0 Å². The molecule has 1 rings (SSSR count). The second-order valence-electron chi connectivity index (χ2n) is 5.79. The number of nitrogens with one attached hydrogen (secondary N) is 3. The molecule has 4 amide bonds. The number of hydrogen-bond acceptors (Lipinski definition) is 5. The van der Waals surface area contributed by atoms with Crippen LogP contribution in [0, 0.1) is 6.92 Å². The first-order valence-corrected chi connectivity index (χ1v) is 8.03. The largest absolute Gasteiger partial charge is 0.482 e. The quantitative estimate of drug-likeness (QED) is 0.684. The maximum absolute atomic E-state index is 12.0. The van der Waals surface area contributed by atoms with Crippen molar-refractivity contribution in [2.45, 2.75) is 26.8 Å². The van der Waals surface area contributed by atoms with E-state index in [1.54, 1.807) is 40.1 Å². The number of carbonyl (C=O) groups is 3. The molecule has 0 aliphatic heterocycles. The molecule has 0 aliphatic carbocycles. The fourth-order valence-corrected chi connectivity index (χ4v) is 1.86. The first-order chi connectivity index (χ1) is 11.7. The van der Waals surface area contributed by atoms with Crippen LogP contribution in [0.1, 0.15) is 19.4 Å². The number of aryl methyl sites for hydroxylation is 1. The van der Waals surface area contributed by atoms with Crippen molar-refractivity contribution in [2.24, 2.45) is 0 Å². The number of ether oxygens (including phenoxy) is 1. The number of likely N-dealkylation sites (N-methyl/N-ethyl adjacent to an activating group) is 1. The minimum atomic E-state index is -0.669. The molecule has 0 unspecified atom stereocenters. The summed E-state index contributed by atoms with van der Waals surface area (Å²) in [6.07, 6.45) is 0. The second-order valence-corrected chi connectivity index (χ2v) is 5.79. The molecule has 0 aromatic heterocycles. The van der Waals surface area contributed by atoms with Crippen LogP contribution < -0.4 is 20.7 Å². The molecule has 8 nitrogen and oxygen atoms in total. The maximum atomic E-state index is 12.0. The van der Waals surface area contributed by atoms with E-state index in [1.807, 2.05) is 13.0 Å². The summed E-state index contributed by atoms with van der Waals surface area (Å²) in [4.78, 5) is 36.6. The first-order valence-electron chi connectivity index (χ1n) is 8.03. The van der Waals surface area contributed by atoms with Crippen molar-refractivity contribution in [2.75, 3.05) is 32.6 Å². The fraction of sp³-hybridized carbons (Fsp3) is 0.471. The Hall–Kier alpha value is -2.77. The summed E-state index contributed by atoms with van der Waals surface area (Å²) < 4.78 is 5.58. The van der Waals surface area contributed by atoms with Crippen molar-refractivity contribution >= 4 is 23.5 Å². The van der Waals surface area contributed by atoms with Crippen LogP contribution in [0.2, 0.25) is 0 Å². The van der Waals surface area contributed by atoms with Gasteiger partial charge in [0.05, 0.1) is 5.69 Å². The molecule has 0 spiro atoms. The van der Waals surface area contributed by atoms with E-state index in [-0.39, 0.29) is 12.5 Å². The Morgan fingerprint density at radius 1 is 1.24 bits per heavy atom. The summed E-state index contributed by atoms with van der Waals surface area (Å²) in [6.45, 7) is 5.61. The molecule has 0 aliphatic rings. The highest BCUT2D eigenvalue weighted by Crippen LogP contribution is 2.26. The van der Waals surface area contributed by atoms with Gasteiger partial charge in [0.2, 0.25) is 5.91 Å². The zero-order valence-corrected chi connectivity index (χ0v) is 15.3. The van der Waals surface area contributed by atoms with Gasteiger partial charge in [-0.05, 0) is 38.5 Å². The number of urea groups is 1. The summed E-state index contributed by atoms with van der Waals surface area (Å²) in [6, 6.07) is 4.19. The van der Waals surface area contributed by atoms with E-state index in [1.165, 1.54) is 4.90 Å². The van der Waals surface area contributed by atoms with Gasteiger partial charge in [-0.2, -0.15) is 0 Å². The lowest BCUT2D eigenvalue weighted by molar-refractivity contribution is -0.130. The van der Waals surface area contributed by atoms with Crippen LogP contribution in [0.25, 0.3) is 0 Å². The molecule has 1 aromatic carbocycles. The molecule has 0 fully saturated rings. The molecule has 8 heteroatoms. The van der Waals surface area contributed by atoms with Gasteiger partial charge in [0.15, 0.2) is 6.61 Å². The van der Waals surface area contributed by atoms with E-state index in [0.29, 0.717) is 18.0 Å². The topological polar surface area (TPSA) is 99.8 Å². The minimum absolute atomic E-state index is 0.107. The van der Waals surface area contributed by atoms with E-state index in [2.05, 4.69) is 16.0 Å². The van der Waals surface area contributed by atoms with E-state index < -0.39 is 18.0 Å². The standard InChI is InChI=1S/C17H26N4O4/c1-6-18-17(24)20-16(23)12(3)19-13-8-7-11(2)9-14(13)25-10-15(22)21(4)5/h7-9,12,19H,6,10H2,1-5H3,(H2,18,20,23,24)/t12-/m1/s1. The molecule has 25 heavy (non-hydrogen) atoms. The molecule has 0 radical (unpaired) electrons. The van der Waals surface area contributed by atoms with Gasteiger partial charge in [-0.15, -0.1) is 0 Å². The zero-order valence-electron chi connectivity index (χ0n) is 15.3. The van der Waals surface area contributed by atoms with Crippen molar-refractivity contribution in [1.29, 1.82) is 0 Å². The van der Waals surface area contributed by atoms with E-state index >= 15 is 0 Å². The molecule has 1 atom stereocenters. The average molecular weight is 350 g/mol. The Labute approximate surface area is 147 Å². The van der Waals surface area contributed by atoms with Crippen LogP contribution in [-0.2, 0) is 9.59 Å². The van der Waals surface area contributed by atoms with Crippen molar-refractivity contribution in [3.05, 3.63) is 23.8 Å². The number of nitrogens with zero attached hydrogens (tertiary/aromatic N) is 1. The van der Waals surface area contributed by atoms with Gasteiger partial charge < -0.3 is 20.3 Å². The van der Waals surface area contributed by atoms with Crippen molar-refractivity contribution in [3.8, 4) is 5.75 Å². The lowest BCUT2D eigenvalue weighted by Crippen LogP contribution is -2.45. The summed E-state index contributed by atoms with van der Waals surface area (Å²) in [5, 5.41) is 7.73. The molecule has 3 N–H and O–H groups in total. The molecule has 0 saturated carbocycles. The predicted molar refractivity (Wildman–Crippen MR) is 95.7 cm³/mol. The zero-order chi connectivity index (χ0) is 19.0. The van der Waals surface area contributed by atoms with Crippen LogP contribution in [0.15, 0.2) is 18.2 Å². The average Bonchev–Trinajstić information content (AvgIpc) is 2.54. The van der Waals surface area contributed by atoms with Gasteiger partial charge in [0.1, 0.15) is 11.8 Å². The molecule has 0 bridgehead atoms. The molecule has 138 valence electrons. The Morgan fingerprint density at radius 3 is 2.52 bits per heavy atom. The van der Waals surface area contributed by atoms with Crippen molar-refractivity contribution < 1.29 is 19.1 Å². The fourth-order valence-electron chi connectivity index (χ4n) is 1.86. The number of amides is 4. The Kier molecular flexibility index (Phi) is 7.71. The highest BCUT2D eigenvalue weighted by molar-refractivity contribution is 5.98. The smallest absolute Gasteiger partial charge is 0.321 e. The number of benzene rings is 1. The minimum Gasteiger partial charge on any atom is -0.482 e. The highest BCUT2D eigenvalue weighted by atomic mass is 16.5. The van der Waals surface area contributed by atoms with Crippen LogP contribution in [0.5, 0.6) is 5.75 Å². The molecular weight excluding hydrogens is 324 g/mol. The summed E-state index contributed by atoms with van der Waals surface area (Å²) in [5.74, 6) is -0.177. The van der Waals surface area contributed by atoms with Crippen LogP contribution >= 0.6 is 0 Å². The number of anilines is 1. The van der Waals surface area contributed by atoms with Crippen molar-refractivity contribution in [1.82, 2.24) is 15.5 Å². The molecule has 0 saturated heterocycles. The van der Waals surface area contributed by atoms with Gasteiger partial charge in [-0.25, -0.2) is 4.79 Å². The summed E-state index contributed by atoms with van der Waals surface area (Å²) >= 11 is 0. The first kappa shape index (κ1) is 20.3. The number of hydrogen-bond donors (Lipinski definition) is 3. The highest BCUT2D eigenvalue weighted by Gasteiger charge is 2.17.